The molecule has 0 fully saturated rings. The van der Waals surface area contributed by atoms with Gasteiger partial charge in [-0.2, -0.15) is 0 Å². The predicted molar refractivity (Wildman–Crippen MR) is 84.4 cm³/mol. The van der Waals surface area contributed by atoms with Gasteiger partial charge < -0.3 is 11.1 Å². The van der Waals surface area contributed by atoms with E-state index >= 15 is 0 Å². The van der Waals surface area contributed by atoms with Gasteiger partial charge in [-0.3, -0.25) is 9.78 Å². The number of aromatic nitrogens is 1. The lowest BCUT2D eigenvalue weighted by Crippen LogP contribution is -2.34. The molecular formula is C15H16BrN3O. The van der Waals surface area contributed by atoms with Gasteiger partial charge in [0.2, 0.25) is 5.91 Å². The number of nitrogens with two attached hydrogens (primary N) is 1. The number of carbonyl (C=O) groups excluding carboxylic acids is 1. The van der Waals surface area contributed by atoms with Gasteiger partial charge in [-0.05, 0) is 53.5 Å². The fourth-order valence-corrected chi connectivity index (χ4v) is 2.14. The summed E-state index contributed by atoms with van der Waals surface area (Å²) in [6.45, 7) is 3.76. The Morgan fingerprint density at radius 1 is 1.25 bits per heavy atom. The molecule has 0 spiro atoms. The molecule has 104 valence electrons. The summed E-state index contributed by atoms with van der Waals surface area (Å²) in [6.07, 6.45) is 3.28. The van der Waals surface area contributed by atoms with Crippen LogP contribution in [0.4, 0.5) is 11.4 Å². The summed E-state index contributed by atoms with van der Waals surface area (Å²) in [5.41, 5.74) is 7.32. The lowest BCUT2D eigenvalue weighted by molar-refractivity contribution is -0.120. The maximum atomic E-state index is 12.5. The minimum Gasteiger partial charge on any atom is -0.399 e. The van der Waals surface area contributed by atoms with Crippen LogP contribution in [0.3, 0.4) is 0 Å². The molecule has 0 radical (unpaired) electrons. The molecule has 4 nitrogen and oxygen atoms in total. The average Bonchev–Trinajstić information content (AvgIpc) is 2.41. The molecule has 3 N–H and O–H groups in total. The van der Waals surface area contributed by atoms with Gasteiger partial charge in [-0.1, -0.05) is 12.1 Å². The molecule has 2 aromatic rings. The van der Waals surface area contributed by atoms with E-state index in [9.17, 15) is 4.79 Å². The number of nitrogens with one attached hydrogen (secondary N) is 1. The molecule has 0 saturated carbocycles. The second-order valence-corrected chi connectivity index (χ2v) is 5.91. The average molecular weight is 334 g/mol. The summed E-state index contributed by atoms with van der Waals surface area (Å²) in [6, 6.07) is 9.09. The summed E-state index contributed by atoms with van der Waals surface area (Å²) in [5.74, 6) is -0.0887. The zero-order valence-corrected chi connectivity index (χ0v) is 12.9. The van der Waals surface area contributed by atoms with E-state index in [4.69, 9.17) is 5.73 Å². The molecule has 0 atom stereocenters. The highest BCUT2D eigenvalue weighted by atomic mass is 79.9. The van der Waals surface area contributed by atoms with Crippen LogP contribution in [0.5, 0.6) is 0 Å². The zero-order valence-electron chi connectivity index (χ0n) is 11.4. The van der Waals surface area contributed by atoms with Crippen molar-refractivity contribution in [2.24, 2.45) is 0 Å². The number of nitrogen functional groups attached to an aromatic ring is 1. The summed E-state index contributed by atoms with van der Waals surface area (Å²) in [4.78, 5) is 16.5. The maximum Gasteiger partial charge on any atom is 0.234 e. The number of amides is 1. The first-order valence-electron chi connectivity index (χ1n) is 6.18. The summed E-state index contributed by atoms with van der Waals surface area (Å²) >= 11 is 3.36. The van der Waals surface area contributed by atoms with Crippen LogP contribution in [-0.4, -0.2) is 10.9 Å². The van der Waals surface area contributed by atoms with Crippen LogP contribution in [0.25, 0.3) is 0 Å². The fourth-order valence-electron chi connectivity index (χ4n) is 1.79. The highest BCUT2D eigenvalue weighted by Crippen LogP contribution is 2.27. The van der Waals surface area contributed by atoms with Crippen LogP contribution in [0.2, 0.25) is 0 Å². The number of hydrogen-bond acceptors (Lipinski definition) is 3. The van der Waals surface area contributed by atoms with E-state index in [1.54, 1.807) is 30.6 Å². The maximum absolute atomic E-state index is 12.5. The van der Waals surface area contributed by atoms with Crippen LogP contribution < -0.4 is 11.1 Å². The van der Waals surface area contributed by atoms with Crippen molar-refractivity contribution in [1.29, 1.82) is 0 Å². The van der Waals surface area contributed by atoms with E-state index in [-0.39, 0.29) is 5.91 Å². The predicted octanol–water partition coefficient (Wildman–Crippen LogP) is 3.34. The SMILES string of the molecule is CC(C)(C(=O)Nc1ccncc1Br)c1ccc(N)cc1. The third-order valence-electron chi connectivity index (χ3n) is 3.22. The Labute approximate surface area is 126 Å². The molecule has 0 unspecified atom stereocenters. The normalized spacial score (nSPS) is 11.2. The van der Waals surface area contributed by atoms with Gasteiger partial charge in [-0.15, -0.1) is 0 Å². The van der Waals surface area contributed by atoms with Crippen molar-refractivity contribution < 1.29 is 4.79 Å². The van der Waals surface area contributed by atoms with Crippen molar-refractivity contribution >= 4 is 33.2 Å². The van der Waals surface area contributed by atoms with Crippen molar-refractivity contribution in [3.05, 3.63) is 52.8 Å². The lowest BCUT2D eigenvalue weighted by Gasteiger charge is -2.24. The van der Waals surface area contributed by atoms with Crippen LogP contribution in [-0.2, 0) is 10.2 Å². The minimum atomic E-state index is -0.656. The quantitative estimate of drug-likeness (QED) is 0.846. The first-order chi connectivity index (χ1) is 9.41. The number of rotatable bonds is 3. The van der Waals surface area contributed by atoms with Crippen molar-refractivity contribution in [3.8, 4) is 0 Å². The van der Waals surface area contributed by atoms with E-state index < -0.39 is 5.41 Å². The molecule has 0 aliphatic heterocycles. The van der Waals surface area contributed by atoms with E-state index in [1.807, 2.05) is 26.0 Å². The van der Waals surface area contributed by atoms with Gasteiger partial charge in [0, 0.05) is 18.1 Å². The summed E-state index contributed by atoms with van der Waals surface area (Å²) in [7, 11) is 0. The van der Waals surface area contributed by atoms with Gasteiger partial charge in [0.25, 0.3) is 0 Å². The second-order valence-electron chi connectivity index (χ2n) is 5.06. The fraction of sp³-hybridized carbons (Fsp3) is 0.200. The van der Waals surface area contributed by atoms with Crippen LogP contribution in [0.15, 0.2) is 47.2 Å². The molecule has 20 heavy (non-hydrogen) atoms. The Balaban J connectivity index is 2.23. The van der Waals surface area contributed by atoms with Gasteiger partial charge in [-0.25, -0.2) is 0 Å². The molecule has 1 aromatic heterocycles. The Kier molecular flexibility index (Phi) is 4.09. The molecule has 0 aliphatic carbocycles. The number of nitrogens with zero attached hydrogens (tertiary/aromatic N) is 1. The standard InChI is InChI=1S/C15H16BrN3O/c1-15(2,10-3-5-11(17)6-4-10)14(20)19-13-7-8-18-9-12(13)16/h3-9H,17H2,1-2H3,(H,18,19,20). The lowest BCUT2D eigenvalue weighted by atomic mass is 9.83. The number of carbonyl (C=O) groups is 1. The third kappa shape index (κ3) is 2.99. The number of benzene rings is 1. The molecule has 1 aromatic carbocycles. The van der Waals surface area contributed by atoms with Crippen molar-refractivity contribution in [3.63, 3.8) is 0 Å². The van der Waals surface area contributed by atoms with Gasteiger partial charge in [0.05, 0.1) is 15.6 Å². The first-order valence-corrected chi connectivity index (χ1v) is 6.97. The monoisotopic (exact) mass is 333 g/mol. The van der Waals surface area contributed by atoms with Gasteiger partial charge in [0.1, 0.15) is 0 Å². The molecule has 0 bridgehead atoms. The largest absolute Gasteiger partial charge is 0.399 e. The van der Waals surface area contributed by atoms with Gasteiger partial charge >= 0.3 is 0 Å². The molecule has 2 rings (SSSR count). The first kappa shape index (κ1) is 14.5. The molecule has 1 heterocycles. The number of halogens is 1. The molecule has 0 saturated heterocycles. The second kappa shape index (κ2) is 5.63. The zero-order chi connectivity index (χ0) is 14.8. The van der Waals surface area contributed by atoms with Crippen LogP contribution in [0, 0.1) is 0 Å². The topological polar surface area (TPSA) is 68.0 Å². The Hall–Kier alpha value is -1.88. The molecule has 1 amide bonds. The molecular weight excluding hydrogens is 318 g/mol. The third-order valence-corrected chi connectivity index (χ3v) is 3.85. The summed E-state index contributed by atoms with van der Waals surface area (Å²) in [5, 5.41) is 2.91. The molecule has 0 aliphatic rings. The van der Waals surface area contributed by atoms with Crippen molar-refractivity contribution in [2.45, 2.75) is 19.3 Å². The highest BCUT2D eigenvalue weighted by Gasteiger charge is 2.30. The molecule has 5 heteroatoms. The summed E-state index contributed by atoms with van der Waals surface area (Å²) < 4.78 is 0.751. The Bertz CT molecular complexity index is 623. The highest BCUT2D eigenvalue weighted by molar-refractivity contribution is 9.10. The van der Waals surface area contributed by atoms with E-state index in [1.165, 1.54) is 0 Å². The van der Waals surface area contributed by atoms with E-state index in [0.29, 0.717) is 11.4 Å². The number of anilines is 2. The van der Waals surface area contributed by atoms with Crippen LogP contribution in [0.1, 0.15) is 19.4 Å². The Morgan fingerprint density at radius 2 is 1.90 bits per heavy atom. The van der Waals surface area contributed by atoms with Gasteiger partial charge in [0.15, 0.2) is 0 Å². The van der Waals surface area contributed by atoms with Crippen LogP contribution >= 0.6 is 15.9 Å². The number of pyridine rings is 1. The van der Waals surface area contributed by atoms with Crippen molar-refractivity contribution in [1.82, 2.24) is 4.98 Å². The van der Waals surface area contributed by atoms with E-state index in [0.717, 1.165) is 10.0 Å². The van der Waals surface area contributed by atoms with E-state index in [2.05, 4.69) is 26.2 Å². The Morgan fingerprint density at radius 3 is 2.50 bits per heavy atom. The minimum absolute atomic E-state index is 0.0887. The van der Waals surface area contributed by atoms with Crippen molar-refractivity contribution in [2.75, 3.05) is 11.1 Å². The smallest absolute Gasteiger partial charge is 0.234 e. The number of hydrogen-bond donors (Lipinski definition) is 2.